The molecule has 0 aromatic carbocycles. The minimum absolute atomic E-state index is 0.0113. The molecule has 1 atom stereocenters. The van der Waals surface area contributed by atoms with E-state index < -0.39 is 0 Å². The Morgan fingerprint density at radius 3 is 2.17 bits per heavy atom. The van der Waals surface area contributed by atoms with Crippen molar-refractivity contribution in [2.24, 2.45) is 23.7 Å². The Balaban J connectivity index is 1.38. The molecule has 1 aromatic rings. The maximum Gasteiger partial charge on any atom is 0.315 e. The second kappa shape index (κ2) is 6.05. The van der Waals surface area contributed by atoms with Gasteiger partial charge in [-0.15, -0.1) is 0 Å². The van der Waals surface area contributed by atoms with Gasteiger partial charge in [-0.25, -0.2) is 4.79 Å². The highest BCUT2D eigenvalue weighted by atomic mass is 16.2. The van der Waals surface area contributed by atoms with Crippen LogP contribution in [0.1, 0.15) is 52.4 Å². The molecule has 0 saturated heterocycles. The Kier molecular flexibility index (Phi) is 4.01. The average molecular weight is 331 g/mol. The van der Waals surface area contributed by atoms with Crippen molar-refractivity contribution >= 4 is 6.03 Å². The van der Waals surface area contributed by atoms with Crippen molar-refractivity contribution in [1.82, 2.24) is 25.6 Å². The number of rotatable bonds is 5. The molecule has 4 fully saturated rings. The number of nitrogens with one attached hydrogen (secondary N) is 2. The molecule has 4 aliphatic carbocycles. The molecule has 2 N–H and O–H groups in total. The standard InChI is InChI=1S/C18H29N5O/c1-12(2)16(11-23-19-3-4-20-23)21-17(24)22-18-8-13-5-14(9-18)7-15(6-13)10-18/h3-4,12-16H,5-11H2,1-2H3,(H2,21,22,24). The number of aromatic nitrogens is 3. The molecular weight excluding hydrogens is 302 g/mol. The van der Waals surface area contributed by atoms with Crippen LogP contribution in [0.3, 0.4) is 0 Å². The maximum atomic E-state index is 12.7. The summed E-state index contributed by atoms with van der Waals surface area (Å²) in [6.45, 7) is 4.86. The molecule has 6 heteroatoms. The monoisotopic (exact) mass is 331 g/mol. The molecule has 4 saturated carbocycles. The fraction of sp³-hybridized carbons (Fsp3) is 0.833. The van der Waals surface area contributed by atoms with E-state index in [0.29, 0.717) is 12.5 Å². The molecule has 1 aromatic heterocycles. The van der Waals surface area contributed by atoms with Gasteiger partial charge in [0.2, 0.25) is 0 Å². The zero-order valence-electron chi connectivity index (χ0n) is 14.7. The van der Waals surface area contributed by atoms with Crippen molar-refractivity contribution in [2.45, 2.75) is 70.5 Å². The van der Waals surface area contributed by atoms with E-state index in [1.807, 2.05) is 0 Å². The first-order valence-electron chi connectivity index (χ1n) is 9.44. The zero-order chi connectivity index (χ0) is 16.7. The third kappa shape index (κ3) is 3.15. The number of hydrogen-bond acceptors (Lipinski definition) is 3. The second-order valence-electron chi connectivity index (χ2n) is 8.73. The number of carbonyl (C=O) groups is 1. The van der Waals surface area contributed by atoms with Crippen molar-refractivity contribution in [3.63, 3.8) is 0 Å². The molecule has 1 unspecified atom stereocenters. The molecule has 6 nitrogen and oxygen atoms in total. The maximum absolute atomic E-state index is 12.7. The lowest BCUT2D eigenvalue weighted by Gasteiger charge is -2.56. The number of carbonyl (C=O) groups excluding carboxylic acids is 1. The van der Waals surface area contributed by atoms with Crippen LogP contribution in [0.2, 0.25) is 0 Å². The van der Waals surface area contributed by atoms with E-state index in [-0.39, 0.29) is 17.6 Å². The summed E-state index contributed by atoms with van der Waals surface area (Å²) < 4.78 is 0. The Morgan fingerprint density at radius 1 is 1.12 bits per heavy atom. The van der Waals surface area contributed by atoms with E-state index in [2.05, 4.69) is 34.7 Å². The lowest BCUT2D eigenvalue weighted by Crippen LogP contribution is -2.62. The summed E-state index contributed by atoms with van der Waals surface area (Å²) in [5, 5.41) is 14.9. The quantitative estimate of drug-likeness (QED) is 0.871. The SMILES string of the molecule is CC(C)C(Cn1nccn1)NC(=O)NC12CC3CC(CC(C3)C1)C2. The van der Waals surface area contributed by atoms with Gasteiger partial charge in [0.1, 0.15) is 0 Å². The highest BCUT2D eigenvalue weighted by Gasteiger charge is 2.51. The Hall–Kier alpha value is -1.59. The summed E-state index contributed by atoms with van der Waals surface area (Å²) in [7, 11) is 0. The van der Waals surface area contributed by atoms with E-state index >= 15 is 0 Å². The van der Waals surface area contributed by atoms with Gasteiger partial charge < -0.3 is 10.6 Å². The van der Waals surface area contributed by atoms with E-state index in [1.165, 1.54) is 38.5 Å². The highest BCUT2D eigenvalue weighted by molar-refractivity contribution is 5.75. The largest absolute Gasteiger partial charge is 0.333 e. The van der Waals surface area contributed by atoms with Crippen molar-refractivity contribution < 1.29 is 4.79 Å². The first-order chi connectivity index (χ1) is 11.5. The van der Waals surface area contributed by atoms with Gasteiger partial charge in [0, 0.05) is 5.54 Å². The van der Waals surface area contributed by atoms with Crippen LogP contribution in [-0.4, -0.2) is 32.6 Å². The molecule has 0 aliphatic heterocycles. The fourth-order valence-corrected chi connectivity index (χ4v) is 5.65. The molecule has 1 heterocycles. The Labute approximate surface area is 143 Å². The van der Waals surface area contributed by atoms with Crippen molar-refractivity contribution in [1.29, 1.82) is 0 Å². The number of urea groups is 1. The van der Waals surface area contributed by atoms with Crippen molar-refractivity contribution in [3.05, 3.63) is 12.4 Å². The molecular formula is C18H29N5O. The van der Waals surface area contributed by atoms with Crippen molar-refractivity contribution in [2.75, 3.05) is 0 Å². The fourth-order valence-electron chi connectivity index (χ4n) is 5.65. The third-order valence-corrected chi connectivity index (χ3v) is 6.36. The van der Waals surface area contributed by atoms with Gasteiger partial charge in [-0.1, -0.05) is 13.8 Å². The second-order valence-corrected chi connectivity index (χ2v) is 8.73. The predicted molar refractivity (Wildman–Crippen MR) is 91.2 cm³/mol. The molecule has 4 bridgehead atoms. The minimum Gasteiger partial charge on any atom is -0.333 e. The Morgan fingerprint density at radius 2 is 1.67 bits per heavy atom. The first-order valence-corrected chi connectivity index (χ1v) is 9.44. The average Bonchev–Trinajstić information content (AvgIpc) is 2.97. The van der Waals surface area contributed by atoms with Gasteiger partial charge >= 0.3 is 6.03 Å². The third-order valence-electron chi connectivity index (χ3n) is 6.36. The van der Waals surface area contributed by atoms with E-state index in [1.54, 1.807) is 17.2 Å². The van der Waals surface area contributed by atoms with Crippen LogP contribution < -0.4 is 10.6 Å². The normalized spacial score (nSPS) is 35.2. The van der Waals surface area contributed by atoms with Crippen molar-refractivity contribution in [3.8, 4) is 0 Å². The smallest absolute Gasteiger partial charge is 0.315 e. The summed E-state index contributed by atoms with van der Waals surface area (Å²) >= 11 is 0. The number of hydrogen-bond donors (Lipinski definition) is 2. The van der Waals surface area contributed by atoms with Gasteiger partial charge in [-0.05, 0) is 62.2 Å². The summed E-state index contributed by atoms with van der Waals surface area (Å²) in [5.74, 6) is 2.85. The molecule has 2 amide bonds. The van der Waals surface area contributed by atoms with E-state index in [4.69, 9.17) is 0 Å². The molecule has 0 radical (unpaired) electrons. The van der Waals surface area contributed by atoms with Crippen LogP contribution in [0.5, 0.6) is 0 Å². The minimum atomic E-state index is -0.0113. The molecule has 132 valence electrons. The van der Waals surface area contributed by atoms with Crippen LogP contribution in [0, 0.1) is 23.7 Å². The highest BCUT2D eigenvalue weighted by Crippen LogP contribution is 2.55. The van der Waals surface area contributed by atoms with E-state index in [0.717, 1.165) is 17.8 Å². The van der Waals surface area contributed by atoms with Crippen LogP contribution in [-0.2, 0) is 6.54 Å². The van der Waals surface area contributed by atoms with Gasteiger partial charge in [0.15, 0.2) is 0 Å². The van der Waals surface area contributed by atoms with Crippen LogP contribution in [0.15, 0.2) is 12.4 Å². The van der Waals surface area contributed by atoms with E-state index in [9.17, 15) is 4.79 Å². The summed E-state index contributed by atoms with van der Waals surface area (Å²) in [4.78, 5) is 14.3. The summed E-state index contributed by atoms with van der Waals surface area (Å²) in [5.41, 5.74) is 0.0598. The van der Waals surface area contributed by atoms with Crippen LogP contribution >= 0.6 is 0 Å². The lowest BCUT2D eigenvalue weighted by molar-refractivity contribution is -0.0137. The van der Waals surface area contributed by atoms with Gasteiger partial charge in [-0.3, -0.25) is 0 Å². The summed E-state index contributed by atoms with van der Waals surface area (Å²) in [6.07, 6.45) is 11.1. The first kappa shape index (κ1) is 15.9. The molecule has 24 heavy (non-hydrogen) atoms. The van der Waals surface area contributed by atoms with Crippen LogP contribution in [0.4, 0.5) is 4.79 Å². The topological polar surface area (TPSA) is 71.8 Å². The Bertz CT molecular complexity index is 547. The molecule has 4 aliphatic rings. The lowest BCUT2D eigenvalue weighted by atomic mass is 9.53. The predicted octanol–water partition coefficient (Wildman–Crippen LogP) is 2.57. The zero-order valence-corrected chi connectivity index (χ0v) is 14.7. The molecule has 5 rings (SSSR count). The number of amides is 2. The van der Waals surface area contributed by atoms with Gasteiger partial charge in [0.05, 0.1) is 25.0 Å². The van der Waals surface area contributed by atoms with Crippen LogP contribution in [0.25, 0.3) is 0 Å². The van der Waals surface area contributed by atoms with Gasteiger partial charge in [0.25, 0.3) is 0 Å². The summed E-state index contributed by atoms with van der Waals surface area (Å²) in [6, 6.07) is 0.0223. The molecule has 0 spiro atoms. The van der Waals surface area contributed by atoms with Gasteiger partial charge in [-0.2, -0.15) is 15.0 Å². The number of nitrogens with zero attached hydrogens (tertiary/aromatic N) is 3.